The average Bonchev–Trinajstić information content (AvgIpc) is 3.21. The van der Waals surface area contributed by atoms with E-state index in [4.69, 9.17) is 1.41 Å². The van der Waals surface area contributed by atoms with Crippen molar-refractivity contribution in [3.8, 4) is 10.4 Å². The van der Waals surface area contributed by atoms with Crippen molar-refractivity contribution in [3.05, 3.63) is 41.0 Å². The predicted molar refractivity (Wildman–Crippen MR) is 91.3 cm³/mol. The van der Waals surface area contributed by atoms with Crippen molar-refractivity contribution in [1.82, 2.24) is 15.6 Å². The fourth-order valence-corrected chi connectivity index (χ4v) is 3.56. The van der Waals surface area contributed by atoms with Gasteiger partial charge in [-0.05, 0) is 31.4 Å². The number of amides is 1. The number of nitrogens with zero attached hydrogens (tertiary/aromatic N) is 1. The normalized spacial score (nSPS) is 22.7. The van der Waals surface area contributed by atoms with Crippen molar-refractivity contribution in [1.29, 1.82) is 0 Å². The van der Waals surface area contributed by atoms with Gasteiger partial charge in [0.05, 0.1) is 34.3 Å². The van der Waals surface area contributed by atoms with Crippen molar-refractivity contribution in [2.75, 3.05) is 6.54 Å². The van der Waals surface area contributed by atoms with Gasteiger partial charge in [-0.1, -0.05) is 24.3 Å². The summed E-state index contributed by atoms with van der Waals surface area (Å²) >= 11 is 1.60. The number of benzene rings is 1. The molecular weight excluding hydrogens is 310 g/mol. The first kappa shape index (κ1) is 14.8. The summed E-state index contributed by atoms with van der Waals surface area (Å²) in [6, 6.07) is 7.08. The third-order valence-electron chi connectivity index (χ3n) is 4.13. The second-order valence-electron chi connectivity index (χ2n) is 5.88. The highest BCUT2D eigenvalue weighted by Gasteiger charge is 2.28. The van der Waals surface area contributed by atoms with Gasteiger partial charge in [0.15, 0.2) is 1.41 Å². The molecule has 0 radical (unpaired) electrons. The molecule has 1 aromatic heterocycles. The number of nitrogens with one attached hydrogen (secondary N) is 2. The number of rotatable bonds is 4. The maximum Gasteiger partial charge on any atom is 0.237 e. The maximum atomic E-state index is 12.4. The zero-order chi connectivity index (χ0) is 17.3. The van der Waals surface area contributed by atoms with Crippen LogP contribution < -0.4 is 10.6 Å². The Balaban J connectivity index is 1.71. The first-order chi connectivity index (χ1) is 11.5. The Hall–Kier alpha value is -1.76. The average molecular weight is 332 g/mol. The van der Waals surface area contributed by atoms with Gasteiger partial charge in [-0.3, -0.25) is 4.79 Å². The van der Waals surface area contributed by atoms with Gasteiger partial charge in [0.1, 0.15) is 0 Å². The van der Waals surface area contributed by atoms with Crippen LogP contribution in [0.25, 0.3) is 10.4 Å². The first-order valence-electron chi connectivity index (χ1n) is 8.16. The minimum absolute atomic E-state index is 0.304. The second-order valence-corrected chi connectivity index (χ2v) is 6.74. The molecular formula is C17H21N3O2S. The Morgan fingerprint density at radius 3 is 2.83 bits per heavy atom. The van der Waals surface area contributed by atoms with E-state index in [9.17, 15) is 9.90 Å². The van der Waals surface area contributed by atoms with Crippen LogP contribution in [0.2, 0.25) is 1.41 Å². The number of aliphatic hydroxyl groups is 1. The number of aromatic nitrogens is 1. The lowest BCUT2D eigenvalue weighted by Gasteiger charge is -2.18. The van der Waals surface area contributed by atoms with Gasteiger partial charge in [-0.2, -0.15) is 0 Å². The number of hydrogen-bond acceptors (Lipinski definition) is 5. The molecule has 2 unspecified atom stereocenters. The molecule has 0 spiro atoms. The molecule has 1 aliphatic rings. The molecule has 1 saturated heterocycles. The smallest absolute Gasteiger partial charge is 0.237 e. The fourth-order valence-electron chi connectivity index (χ4n) is 2.75. The van der Waals surface area contributed by atoms with E-state index in [0.29, 0.717) is 13.0 Å². The van der Waals surface area contributed by atoms with Crippen LogP contribution in [0.3, 0.4) is 0 Å². The number of thiazole rings is 1. The van der Waals surface area contributed by atoms with E-state index in [2.05, 4.69) is 10.3 Å². The van der Waals surface area contributed by atoms with Crippen LogP contribution in [0, 0.1) is 6.92 Å². The van der Waals surface area contributed by atoms with E-state index in [1.165, 1.54) is 0 Å². The van der Waals surface area contributed by atoms with Crippen LogP contribution in [0.5, 0.6) is 0 Å². The molecule has 0 bridgehead atoms. The van der Waals surface area contributed by atoms with Gasteiger partial charge in [0.2, 0.25) is 5.91 Å². The predicted octanol–water partition coefficient (Wildman–Crippen LogP) is 2.02. The SMILES string of the molecule is [2H]N(C(=O)C1CC(O)CN1)[C@@H](C)c1ccc(-c2scnc2C)cc1. The number of aryl methyl sites for hydroxylation is 1. The van der Waals surface area contributed by atoms with Crippen molar-refractivity contribution in [3.63, 3.8) is 0 Å². The van der Waals surface area contributed by atoms with Crippen molar-refractivity contribution >= 4 is 17.2 Å². The first-order valence-corrected chi connectivity index (χ1v) is 8.59. The molecule has 3 atom stereocenters. The number of carbonyl (C=O) groups excluding carboxylic acids is 1. The van der Waals surface area contributed by atoms with Crippen molar-refractivity contribution in [2.45, 2.75) is 38.5 Å². The van der Waals surface area contributed by atoms with Crippen LogP contribution in [0.4, 0.5) is 0 Å². The van der Waals surface area contributed by atoms with Gasteiger partial charge in [0.25, 0.3) is 0 Å². The second kappa shape index (κ2) is 6.78. The minimum atomic E-state index is -0.510. The lowest BCUT2D eigenvalue weighted by molar-refractivity contribution is -0.123. The summed E-state index contributed by atoms with van der Waals surface area (Å²) in [5.74, 6) is -0.304. The van der Waals surface area contributed by atoms with Gasteiger partial charge in [-0.25, -0.2) is 4.98 Å². The molecule has 2 heterocycles. The Labute approximate surface area is 141 Å². The van der Waals surface area contributed by atoms with Crippen LogP contribution >= 0.6 is 11.3 Å². The number of hydrogen-bond donors (Lipinski definition) is 3. The highest BCUT2D eigenvalue weighted by molar-refractivity contribution is 7.13. The van der Waals surface area contributed by atoms with Crippen molar-refractivity contribution < 1.29 is 11.3 Å². The monoisotopic (exact) mass is 332 g/mol. The lowest BCUT2D eigenvalue weighted by Crippen LogP contribution is -2.41. The van der Waals surface area contributed by atoms with Crippen molar-refractivity contribution in [2.24, 2.45) is 0 Å². The largest absolute Gasteiger partial charge is 0.392 e. The third-order valence-corrected chi connectivity index (χ3v) is 5.11. The number of carbonyl (C=O) groups is 1. The summed E-state index contributed by atoms with van der Waals surface area (Å²) in [7, 11) is 0. The summed E-state index contributed by atoms with van der Waals surface area (Å²) in [6.07, 6.45) is -0.144. The summed E-state index contributed by atoms with van der Waals surface area (Å²) in [6.45, 7) is 4.22. The Kier molecular flexibility index (Phi) is 4.37. The molecule has 0 saturated carbocycles. The highest BCUT2D eigenvalue weighted by atomic mass is 32.1. The Bertz CT molecular complexity index is 719. The summed E-state index contributed by atoms with van der Waals surface area (Å²) in [5, 5.41) is 13.5. The molecule has 3 rings (SSSR count). The summed E-state index contributed by atoms with van der Waals surface area (Å²) in [5.41, 5.74) is 4.83. The molecule has 122 valence electrons. The van der Waals surface area contributed by atoms with Gasteiger partial charge < -0.3 is 15.7 Å². The number of β-amino-alcohol motifs (C(OH)–C–C–N with tert-alkyl or cyclic N) is 1. The zero-order valence-electron chi connectivity index (χ0n) is 14.2. The molecule has 3 N–H and O–H groups in total. The quantitative estimate of drug-likeness (QED) is 0.801. The lowest BCUT2D eigenvalue weighted by atomic mass is 10.0. The Morgan fingerprint density at radius 2 is 2.26 bits per heavy atom. The van der Waals surface area contributed by atoms with Gasteiger partial charge in [0, 0.05) is 6.54 Å². The molecule has 5 nitrogen and oxygen atoms in total. The molecule has 1 aromatic carbocycles. The topological polar surface area (TPSA) is 74.2 Å². The van der Waals surface area contributed by atoms with E-state index >= 15 is 0 Å². The van der Waals surface area contributed by atoms with Crippen LogP contribution in [0.1, 0.15) is 30.6 Å². The van der Waals surface area contributed by atoms with Crippen LogP contribution in [0.15, 0.2) is 29.8 Å². The van der Waals surface area contributed by atoms with Gasteiger partial charge in [-0.15, -0.1) is 11.3 Å². The fraction of sp³-hybridized carbons (Fsp3) is 0.412. The van der Waals surface area contributed by atoms with Gasteiger partial charge >= 0.3 is 0 Å². The third kappa shape index (κ3) is 3.60. The minimum Gasteiger partial charge on any atom is -0.392 e. The highest BCUT2D eigenvalue weighted by Crippen LogP contribution is 2.28. The van der Waals surface area contributed by atoms with E-state index in [1.54, 1.807) is 11.3 Å². The van der Waals surface area contributed by atoms with Crippen LogP contribution in [-0.4, -0.2) is 34.7 Å². The van der Waals surface area contributed by atoms with E-state index in [1.807, 2.05) is 43.6 Å². The molecule has 1 amide bonds. The summed E-state index contributed by atoms with van der Waals surface area (Å²) in [4.78, 5) is 17.8. The molecule has 6 heteroatoms. The number of aliphatic hydroxyl groups excluding tert-OH is 1. The molecule has 0 aliphatic carbocycles. The molecule has 2 aromatic rings. The molecule has 1 aliphatic heterocycles. The standard InChI is InChI=1S/C17H21N3O2S/c1-10(20-17(22)15-7-14(21)8-18-15)12-3-5-13(6-4-12)16-11(2)19-9-23-16/h3-6,9-10,14-15,18,21H,7-8H2,1-2H3,(H,20,22)/t10-,14?,15?/m0/s1/i/hD. The zero-order valence-corrected chi connectivity index (χ0v) is 14.0. The van der Waals surface area contributed by atoms with E-state index in [-0.39, 0.29) is 11.9 Å². The van der Waals surface area contributed by atoms with E-state index < -0.39 is 12.1 Å². The maximum absolute atomic E-state index is 12.4. The Morgan fingerprint density at radius 1 is 1.52 bits per heavy atom. The van der Waals surface area contributed by atoms with E-state index in [0.717, 1.165) is 27.0 Å². The molecule has 1 fully saturated rings. The molecule has 23 heavy (non-hydrogen) atoms. The summed E-state index contributed by atoms with van der Waals surface area (Å²) < 4.78 is 8.13. The van der Waals surface area contributed by atoms with Crippen LogP contribution in [-0.2, 0) is 4.79 Å².